The number of hydrogen-bond donors (Lipinski definition) is 0. The molecule has 0 saturated heterocycles. The van der Waals surface area contributed by atoms with Gasteiger partial charge in [-0.3, -0.25) is 0 Å². The highest BCUT2D eigenvalue weighted by Crippen LogP contribution is 1.82. The van der Waals surface area contributed by atoms with Gasteiger partial charge in [-0.25, -0.2) is 9.13 Å². The summed E-state index contributed by atoms with van der Waals surface area (Å²) in [5.41, 5.74) is 0. The van der Waals surface area contributed by atoms with E-state index in [0.29, 0.717) is 0 Å². The van der Waals surface area contributed by atoms with E-state index in [4.69, 9.17) is 0 Å². The van der Waals surface area contributed by atoms with Gasteiger partial charge in [0.05, 0.1) is 6.54 Å². The molecule has 0 N–H and O–H groups in total. The van der Waals surface area contributed by atoms with Gasteiger partial charge in [-0.15, -0.1) is 0 Å². The van der Waals surface area contributed by atoms with Gasteiger partial charge in [-0.2, -0.15) is 0 Å². The van der Waals surface area contributed by atoms with Crippen LogP contribution < -0.4 is 4.57 Å². The summed E-state index contributed by atoms with van der Waals surface area (Å²) in [5.74, 6) is 0. The van der Waals surface area contributed by atoms with E-state index < -0.39 is 0 Å². The van der Waals surface area contributed by atoms with Crippen molar-refractivity contribution in [3.05, 3.63) is 30.9 Å². The van der Waals surface area contributed by atoms with Crippen molar-refractivity contribution in [3.63, 3.8) is 0 Å². The van der Waals surface area contributed by atoms with Crippen molar-refractivity contribution in [2.45, 2.75) is 26.9 Å². The minimum atomic E-state index is 0.976. The van der Waals surface area contributed by atoms with Crippen molar-refractivity contribution in [1.29, 1.82) is 0 Å². The van der Waals surface area contributed by atoms with Crippen LogP contribution in [0.2, 0.25) is 0 Å². The maximum Gasteiger partial charge on any atom is 0.244 e. The molecule has 1 aromatic rings. The Bertz CT molecular complexity index is 235. The van der Waals surface area contributed by atoms with E-state index in [-0.39, 0.29) is 0 Å². The van der Waals surface area contributed by atoms with Crippen LogP contribution in [0.1, 0.15) is 13.8 Å². The Morgan fingerprint density at radius 1 is 1.55 bits per heavy atom. The van der Waals surface area contributed by atoms with Gasteiger partial charge in [0.2, 0.25) is 6.33 Å². The van der Waals surface area contributed by atoms with Crippen LogP contribution in [-0.2, 0) is 13.1 Å². The SMILES string of the molecule is CC=CC[n+]1ccn(CC)c1. The number of aryl methyl sites for hydroxylation is 1. The largest absolute Gasteiger partial charge is 0.244 e. The molecule has 0 spiro atoms. The Hall–Kier alpha value is -1.05. The Morgan fingerprint density at radius 3 is 2.91 bits per heavy atom. The summed E-state index contributed by atoms with van der Waals surface area (Å²) < 4.78 is 4.31. The lowest BCUT2D eigenvalue weighted by molar-refractivity contribution is -0.686. The van der Waals surface area contributed by atoms with Crippen LogP contribution in [-0.4, -0.2) is 4.57 Å². The minimum Gasteiger partial charge on any atom is -0.237 e. The van der Waals surface area contributed by atoms with E-state index in [1.807, 2.05) is 6.92 Å². The summed E-state index contributed by atoms with van der Waals surface area (Å²) in [5, 5.41) is 0. The number of rotatable bonds is 3. The van der Waals surface area contributed by atoms with Crippen molar-refractivity contribution in [1.82, 2.24) is 4.57 Å². The molecule has 0 radical (unpaired) electrons. The molecule has 0 aliphatic heterocycles. The van der Waals surface area contributed by atoms with Crippen LogP contribution in [0.25, 0.3) is 0 Å². The van der Waals surface area contributed by atoms with Gasteiger partial charge in [0.1, 0.15) is 18.9 Å². The molecule has 0 amide bonds. The average molecular weight is 151 g/mol. The van der Waals surface area contributed by atoms with Crippen molar-refractivity contribution in [3.8, 4) is 0 Å². The standard InChI is InChI=1S/C9H15N2/c1-3-5-6-11-8-7-10(4-2)9-11/h3,5,7-9H,4,6H2,1-2H3/q+1. The quantitative estimate of drug-likeness (QED) is 0.456. The third-order valence-corrected chi connectivity index (χ3v) is 1.66. The predicted molar refractivity (Wildman–Crippen MR) is 45.1 cm³/mol. The lowest BCUT2D eigenvalue weighted by Gasteiger charge is -1.86. The zero-order valence-electron chi connectivity index (χ0n) is 7.20. The highest BCUT2D eigenvalue weighted by molar-refractivity contribution is 4.73. The first-order valence-corrected chi connectivity index (χ1v) is 4.02. The molecule has 0 bridgehead atoms. The van der Waals surface area contributed by atoms with Gasteiger partial charge in [0.15, 0.2) is 0 Å². The smallest absolute Gasteiger partial charge is 0.237 e. The lowest BCUT2D eigenvalue weighted by atomic mass is 10.5. The fourth-order valence-electron chi connectivity index (χ4n) is 0.961. The number of imidazole rings is 1. The molecular weight excluding hydrogens is 136 g/mol. The van der Waals surface area contributed by atoms with Crippen LogP contribution in [0.3, 0.4) is 0 Å². The van der Waals surface area contributed by atoms with Gasteiger partial charge >= 0.3 is 0 Å². The molecule has 0 unspecified atom stereocenters. The minimum absolute atomic E-state index is 0.976. The fraction of sp³-hybridized carbons (Fsp3) is 0.444. The van der Waals surface area contributed by atoms with E-state index in [1.54, 1.807) is 0 Å². The molecular formula is C9H15N2+. The van der Waals surface area contributed by atoms with Gasteiger partial charge in [0.25, 0.3) is 0 Å². The van der Waals surface area contributed by atoms with E-state index >= 15 is 0 Å². The Morgan fingerprint density at radius 2 is 2.36 bits per heavy atom. The molecule has 1 aromatic heterocycles. The number of aromatic nitrogens is 2. The normalized spacial score (nSPS) is 11.1. The molecule has 1 heterocycles. The van der Waals surface area contributed by atoms with Crippen LogP contribution >= 0.6 is 0 Å². The van der Waals surface area contributed by atoms with Crippen molar-refractivity contribution < 1.29 is 4.57 Å². The van der Waals surface area contributed by atoms with Gasteiger partial charge in [-0.05, 0) is 19.9 Å². The molecule has 11 heavy (non-hydrogen) atoms. The maximum atomic E-state index is 2.16. The zero-order chi connectivity index (χ0) is 8.10. The van der Waals surface area contributed by atoms with Crippen LogP contribution in [0.4, 0.5) is 0 Å². The molecule has 0 aromatic carbocycles. The molecule has 0 saturated carbocycles. The maximum absolute atomic E-state index is 2.16. The van der Waals surface area contributed by atoms with Crippen LogP contribution in [0.5, 0.6) is 0 Å². The molecule has 2 heteroatoms. The van der Waals surface area contributed by atoms with Crippen molar-refractivity contribution in [2.75, 3.05) is 0 Å². The molecule has 60 valence electrons. The first kappa shape index (κ1) is 8.05. The number of allylic oxidation sites excluding steroid dienone is 2. The summed E-state index contributed by atoms with van der Waals surface area (Å²) in [6, 6.07) is 0. The highest BCUT2D eigenvalue weighted by atomic mass is 15.1. The Balaban J connectivity index is 2.58. The van der Waals surface area contributed by atoms with E-state index in [0.717, 1.165) is 13.1 Å². The second-order valence-electron chi connectivity index (χ2n) is 2.51. The highest BCUT2D eigenvalue weighted by Gasteiger charge is 1.97. The molecule has 2 nitrogen and oxygen atoms in total. The first-order chi connectivity index (χ1) is 5.36. The van der Waals surface area contributed by atoms with Gasteiger partial charge in [-0.1, -0.05) is 6.08 Å². The van der Waals surface area contributed by atoms with Crippen molar-refractivity contribution in [2.24, 2.45) is 0 Å². The second kappa shape index (κ2) is 3.96. The third-order valence-electron chi connectivity index (χ3n) is 1.66. The monoisotopic (exact) mass is 151 g/mol. The summed E-state index contributed by atoms with van der Waals surface area (Å²) >= 11 is 0. The Kier molecular flexibility index (Phi) is 2.90. The predicted octanol–water partition coefficient (Wildman–Crippen LogP) is 1.37. The molecule has 1 rings (SSSR count). The van der Waals surface area contributed by atoms with Crippen LogP contribution in [0.15, 0.2) is 30.9 Å². The van der Waals surface area contributed by atoms with E-state index in [9.17, 15) is 0 Å². The summed E-state index contributed by atoms with van der Waals surface area (Å²) in [6.45, 7) is 6.20. The second-order valence-corrected chi connectivity index (χ2v) is 2.51. The topological polar surface area (TPSA) is 8.81 Å². The summed E-state index contributed by atoms with van der Waals surface area (Å²) in [7, 11) is 0. The molecule has 0 atom stereocenters. The molecule has 0 fully saturated rings. The average Bonchev–Trinajstić information content (AvgIpc) is 2.48. The fourth-order valence-corrected chi connectivity index (χ4v) is 0.961. The molecule has 0 aliphatic rings. The number of hydrogen-bond acceptors (Lipinski definition) is 0. The number of nitrogens with zero attached hydrogens (tertiary/aromatic N) is 2. The lowest BCUT2D eigenvalue weighted by Crippen LogP contribution is -2.29. The zero-order valence-corrected chi connectivity index (χ0v) is 7.20. The third kappa shape index (κ3) is 2.22. The summed E-state index contributed by atoms with van der Waals surface area (Å²) in [6.07, 6.45) is 10.5. The summed E-state index contributed by atoms with van der Waals surface area (Å²) in [4.78, 5) is 0. The Labute approximate surface area is 67.8 Å². The van der Waals surface area contributed by atoms with Crippen LogP contribution in [0, 0.1) is 0 Å². The molecule has 0 aliphatic carbocycles. The van der Waals surface area contributed by atoms with Gasteiger partial charge in [0, 0.05) is 0 Å². The van der Waals surface area contributed by atoms with E-state index in [2.05, 4.69) is 46.9 Å². The van der Waals surface area contributed by atoms with Crippen molar-refractivity contribution >= 4 is 0 Å². The first-order valence-electron chi connectivity index (χ1n) is 4.02. The van der Waals surface area contributed by atoms with Gasteiger partial charge < -0.3 is 0 Å². The van der Waals surface area contributed by atoms with E-state index in [1.165, 1.54) is 0 Å².